The second-order valence-electron chi connectivity index (χ2n) is 6.12. The zero-order valence-electron chi connectivity index (χ0n) is 15.1. The molecule has 0 aliphatic rings. The van der Waals surface area contributed by atoms with E-state index in [1.165, 1.54) is 0 Å². The molecule has 28 heavy (non-hydrogen) atoms. The number of carbonyl (C=O) groups is 1. The Kier molecular flexibility index (Phi) is 4.79. The van der Waals surface area contributed by atoms with E-state index in [0.29, 0.717) is 23.0 Å². The van der Waals surface area contributed by atoms with E-state index in [4.69, 9.17) is 4.42 Å². The van der Waals surface area contributed by atoms with Gasteiger partial charge in [0.1, 0.15) is 0 Å². The number of rotatable bonds is 5. The van der Waals surface area contributed by atoms with Crippen molar-refractivity contribution in [1.82, 2.24) is 15.0 Å². The number of anilines is 3. The van der Waals surface area contributed by atoms with E-state index >= 15 is 0 Å². The Bertz CT molecular complexity index is 1090. The Morgan fingerprint density at radius 2 is 1.86 bits per heavy atom. The van der Waals surface area contributed by atoms with Crippen LogP contribution in [-0.2, 0) is 0 Å². The fourth-order valence-electron chi connectivity index (χ4n) is 2.63. The summed E-state index contributed by atoms with van der Waals surface area (Å²) >= 11 is 0. The third-order valence-electron chi connectivity index (χ3n) is 4.13. The molecule has 2 N–H and O–H groups in total. The van der Waals surface area contributed by atoms with Gasteiger partial charge in [0.25, 0.3) is 11.9 Å². The molecule has 1 amide bonds. The van der Waals surface area contributed by atoms with Crippen LogP contribution >= 0.6 is 0 Å². The predicted molar refractivity (Wildman–Crippen MR) is 106 cm³/mol. The van der Waals surface area contributed by atoms with Crippen LogP contribution in [0.25, 0.3) is 11.3 Å². The summed E-state index contributed by atoms with van der Waals surface area (Å²) < 4.78 is 5.76. The standard InChI is InChI=1S/C21H17N5O2/c1-14-4-5-17(25-20(27)15-6-9-22-10-7-15)11-18(14)26-21-24-13-19(28-21)16-3-2-8-23-12-16/h2-13H,1H3,(H,24,26)(H,25,27). The Morgan fingerprint density at radius 3 is 2.64 bits per heavy atom. The first kappa shape index (κ1) is 17.4. The fourth-order valence-corrected chi connectivity index (χ4v) is 2.63. The van der Waals surface area contributed by atoms with Crippen LogP contribution in [0, 0.1) is 6.92 Å². The van der Waals surface area contributed by atoms with Gasteiger partial charge in [-0.2, -0.15) is 0 Å². The number of oxazole rings is 1. The molecule has 3 aromatic heterocycles. The molecule has 4 rings (SSSR count). The van der Waals surface area contributed by atoms with E-state index in [1.807, 2.05) is 37.3 Å². The first-order chi connectivity index (χ1) is 13.7. The third kappa shape index (κ3) is 3.88. The zero-order valence-corrected chi connectivity index (χ0v) is 15.1. The highest BCUT2D eigenvalue weighted by Gasteiger charge is 2.10. The second-order valence-corrected chi connectivity index (χ2v) is 6.12. The molecular formula is C21H17N5O2. The van der Waals surface area contributed by atoms with Crippen molar-refractivity contribution in [2.45, 2.75) is 6.92 Å². The SMILES string of the molecule is Cc1ccc(NC(=O)c2ccncc2)cc1Nc1ncc(-c2cccnc2)o1. The minimum Gasteiger partial charge on any atom is -0.423 e. The van der Waals surface area contributed by atoms with Crippen LogP contribution in [0.1, 0.15) is 15.9 Å². The predicted octanol–water partition coefficient (Wildman–Crippen LogP) is 4.44. The average Bonchev–Trinajstić information content (AvgIpc) is 3.20. The first-order valence-electron chi connectivity index (χ1n) is 8.64. The minimum atomic E-state index is -0.202. The molecule has 0 spiro atoms. The van der Waals surface area contributed by atoms with Gasteiger partial charge in [-0.15, -0.1) is 0 Å². The molecule has 0 fully saturated rings. The molecule has 0 saturated carbocycles. The van der Waals surface area contributed by atoms with Crippen LogP contribution in [0.4, 0.5) is 17.4 Å². The van der Waals surface area contributed by atoms with Crippen molar-refractivity contribution in [2.75, 3.05) is 10.6 Å². The molecule has 3 heterocycles. The van der Waals surface area contributed by atoms with Crippen molar-refractivity contribution in [2.24, 2.45) is 0 Å². The minimum absolute atomic E-state index is 0.202. The van der Waals surface area contributed by atoms with E-state index in [0.717, 1.165) is 16.8 Å². The zero-order chi connectivity index (χ0) is 19.3. The van der Waals surface area contributed by atoms with Gasteiger partial charge in [-0.05, 0) is 48.9 Å². The largest absolute Gasteiger partial charge is 0.423 e. The summed E-state index contributed by atoms with van der Waals surface area (Å²) in [6.45, 7) is 1.96. The second kappa shape index (κ2) is 7.71. The summed E-state index contributed by atoms with van der Waals surface area (Å²) in [4.78, 5) is 24.6. The van der Waals surface area contributed by atoms with E-state index in [2.05, 4.69) is 25.6 Å². The van der Waals surface area contributed by atoms with Crippen molar-refractivity contribution in [1.29, 1.82) is 0 Å². The molecule has 0 unspecified atom stereocenters. The summed E-state index contributed by atoms with van der Waals surface area (Å²) in [5.41, 5.74) is 3.82. The van der Waals surface area contributed by atoms with Gasteiger partial charge in [0, 0.05) is 47.3 Å². The highest BCUT2D eigenvalue weighted by Crippen LogP contribution is 2.27. The van der Waals surface area contributed by atoms with E-state index in [9.17, 15) is 4.79 Å². The molecular weight excluding hydrogens is 354 g/mol. The number of hydrogen-bond donors (Lipinski definition) is 2. The molecule has 0 bridgehead atoms. The van der Waals surface area contributed by atoms with Crippen LogP contribution in [0.15, 0.2) is 77.9 Å². The number of benzene rings is 1. The molecule has 0 saturated heterocycles. The molecule has 4 aromatic rings. The van der Waals surface area contributed by atoms with Gasteiger partial charge in [-0.25, -0.2) is 4.98 Å². The maximum atomic E-state index is 12.3. The van der Waals surface area contributed by atoms with E-state index < -0.39 is 0 Å². The van der Waals surface area contributed by atoms with Gasteiger partial charge in [-0.3, -0.25) is 14.8 Å². The number of pyridine rings is 2. The van der Waals surface area contributed by atoms with Crippen molar-refractivity contribution >= 4 is 23.3 Å². The van der Waals surface area contributed by atoms with Gasteiger partial charge in [0.2, 0.25) is 0 Å². The normalized spacial score (nSPS) is 10.5. The lowest BCUT2D eigenvalue weighted by Crippen LogP contribution is -2.12. The van der Waals surface area contributed by atoms with Gasteiger partial charge in [0.05, 0.1) is 6.20 Å². The van der Waals surface area contributed by atoms with Crippen molar-refractivity contribution < 1.29 is 9.21 Å². The highest BCUT2D eigenvalue weighted by molar-refractivity contribution is 6.04. The van der Waals surface area contributed by atoms with Crippen LogP contribution in [0.2, 0.25) is 0 Å². The van der Waals surface area contributed by atoms with Crippen LogP contribution in [0.5, 0.6) is 0 Å². The lowest BCUT2D eigenvalue weighted by molar-refractivity contribution is 0.102. The van der Waals surface area contributed by atoms with E-state index in [1.54, 1.807) is 43.1 Å². The summed E-state index contributed by atoms with van der Waals surface area (Å²) in [5, 5.41) is 6.03. The Morgan fingerprint density at radius 1 is 1.00 bits per heavy atom. The fraction of sp³-hybridized carbons (Fsp3) is 0.0476. The molecule has 0 aliphatic carbocycles. The molecule has 0 radical (unpaired) electrons. The van der Waals surface area contributed by atoms with Crippen LogP contribution in [0.3, 0.4) is 0 Å². The topological polar surface area (TPSA) is 92.9 Å². The number of nitrogens with zero attached hydrogens (tertiary/aromatic N) is 3. The van der Waals surface area contributed by atoms with Crippen molar-refractivity contribution in [3.63, 3.8) is 0 Å². The molecule has 7 heteroatoms. The monoisotopic (exact) mass is 371 g/mol. The number of aromatic nitrogens is 3. The smallest absolute Gasteiger partial charge is 0.299 e. The van der Waals surface area contributed by atoms with Gasteiger partial charge in [-0.1, -0.05) is 6.07 Å². The molecule has 1 aromatic carbocycles. The number of amides is 1. The summed E-state index contributed by atoms with van der Waals surface area (Å²) in [5.74, 6) is 0.419. The lowest BCUT2D eigenvalue weighted by Gasteiger charge is -2.10. The maximum Gasteiger partial charge on any atom is 0.299 e. The Hall–Kier alpha value is -4.00. The lowest BCUT2D eigenvalue weighted by atomic mass is 10.1. The van der Waals surface area contributed by atoms with Gasteiger partial charge < -0.3 is 15.1 Å². The Balaban J connectivity index is 1.52. The number of hydrogen-bond acceptors (Lipinski definition) is 6. The van der Waals surface area contributed by atoms with Gasteiger partial charge >= 0.3 is 0 Å². The highest BCUT2D eigenvalue weighted by atomic mass is 16.4. The maximum absolute atomic E-state index is 12.3. The average molecular weight is 371 g/mol. The van der Waals surface area contributed by atoms with E-state index in [-0.39, 0.29) is 5.91 Å². The summed E-state index contributed by atoms with van der Waals surface area (Å²) in [6.07, 6.45) is 8.22. The number of aryl methyl sites for hydroxylation is 1. The molecule has 0 aliphatic heterocycles. The van der Waals surface area contributed by atoms with Crippen LogP contribution in [-0.4, -0.2) is 20.9 Å². The summed E-state index contributed by atoms with van der Waals surface area (Å²) in [6, 6.07) is 13.0. The number of carbonyl (C=O) groups excluding carboxylic acids is 1. The van der Waals surface area contributed by atoms with Crippen molar-refractivity contribution in [3.05, 3.63) is 84.6 Å². The molecule has 0 atom stereocenters. The third-order valence-corrected chi connectivity index (χ3v) is 4.13. The molecule has 138 valence electrons. The quantitative estimate of drug-likeness (QED) is 0.539. The first-order valence-corrected chi connectivity index (χ1v) is 8.64. The number of nitrogens with one attached hydrogen (secondary N) is 2. The van der Waals surface area contributed by atoms with Crippen molar-refractivity contribution in [3.8, 4) is 11.3 Å². The summed E-state index contributed by atoms with van der Waals surface area (Å²) in [7, 11) is 0. The van der Waals surface area contributed by atoms with Gasteiger partial charge in [0.15, 0.2) is 5.76 Å². The Labute approximate surface area is 161 Å². The van der Waals surface area contributed by atoms with Crippen LogP contribution < -0.4 is 10.6 Å². The molecule has 7 nitrogen and oxygen atoms in total.